The number of aromatic nitrogens is 2. The Balaban J connectivity index is 1.41. The molecule has 0 atom stereocenters. The number of benzene rings is 3. The van der Waals surface area contributed by atoms with Crippen LogP contribution in [0.5, 0.6) is 0 Å². The Hall–Kier alpha value is -5.35. The fourth-order valence-electron chi connectivity index (χ4n) is 3.96. The number of anilines is 2. The van der Waals surface area contributed by atoms with Crippen LogP contribution in [-0.2, 0) is 4.74 Å². The lowest BCUT2D eigenvalue weighted by atomic mass is 9.93. The summed E-state index contributed by atoms with van der Waals surface area (Å²) in [4.78, 5) is 32.0. The largest absolute Gasteiger partial charge is 0.465 e. The Morgan fingerprint density at radius 2 is 1.73 bits per heavy atom. The maximum absolute atomic E-state index is 12.6. The molecule has 2 heterocycles. The van der Waals surface area contributed by atoms with E-state index in [1.807, 2.05) is 48.7 Å². The number of aromatic amines is 1. The van der Waals surface area contributed by atoms with E-state index in [1.54, 1.807) is 48.8 Å². The Morgan fingerprint density at radius 1 is 0.892 bits per heavy atom. The van der Waals surface area contributed by atoms with Crippen LogP contribution in [0.25, 0.3) is 22.0 Å². The summed E-state index contributed by atoms with van der Waals surface area (Å²) >= 11 is 0. The fraction of sp³-hybridized carbons (Fsp3) is 0.0333. The minimum atomic E-state index is -0.426. The van der Waals surface area contributed by atoms with Crippen LogP contribution in [0.15, 0.2) is 97.5 Å². The predicted octanol–water partition coefficient (Wildman–Crippen LogP) is 6.06. The molecule has 0 saturated heterocycles. The normalized spacial score (nSPS) is 10.3. The van der Waals surface area contributed by atoms with Crippen LogP contribution >= 0.6 is 0 Å². The number of nitrogens with zero attached hydrogens (tertiary/aromatic N) is 1. The minimum Gasteiger partial charge on any atom is -0.465 e. The van der Waals surface area contributed by atoms with E-state index < -0.39 is 5.97 Å². The monoisotopic (exact) mass is 486 g/mol. The SMILES string of the molecule is COC(=O)c1cccc(C#Cc2ccc(NC(=O)Nc3cccnc3)cc2)c1-c1ccc2cc[nH]c2c1. The molecule has 0 aliphatic carbocycles. The average Bonchev–Trinajstić information content (AvgIpc) is 3.40. The van der Waals surface area contributed by atoms with E-state index in [0.717, 1.165) is 22.0 Å². The van der Waals surface area contributed by atoms with Crippen molar-refractivity contribution in [3.63, 3.8) is 0 Å². The first-order valence-electron chi connectivity index (χ1n) is 11.5. The highest BCUT2D eigenvalue weighted by Gasteiger charge is 2.17. The van der Waals surface area contributed by atoms with E-state index in [-0.39, 0.29) is 6.03 Å². The third-order valence-electron chi connectivity index (χ3n) is 5.72. The molecule has 0 fully saturated rings. The van der Waals surface area contributed by atoms with E-state index in [0.29, 0.717) is 28.1 Å². The van der Waals surface area contributed by atoms with Crippen molar-refractivity contribution in [2.75, 3.05) is 17.7 Å². The molecular formula is C30H22N4O3. The van der Waals surface area contributed by atoms with Crippen molar-refractivity contribution in [2.45, 2.75) is 0 Å². The molecule has 0 saturated carbocycles. The number of ether oxygens (including phenoxy) is 1. The zero-order valence-electron chi connectivity index (χ0n) is 19.9. The fourth-order valence-corrected chi connectivity index (χ4v) is 3.96. The summed E-state index contributed by atoms with van der Waals surface area (Å²) in [5.41, 5.74) is 5.66. The topological polar surface area (TPSA) is 96.1 Å². The van der Waals surface area contributed by atoms with Gasteiger partial charge in [0.2, 0.25) is 0 Å². The predicted molar refractivity (Wildman–Crippen MR) is 144 cm³/mol. The number of nitrogens with one attached hydrogen (secondary N) is 3. The molecule has 0 unspecified atom stereocenters. The van der Waals surface area contributed by atoms with Crippen molar-refractivity contribution in [1.82, 2.24) is 9.97 Å². The van der Waals surface area contributed by atoms with Crippen molar-refractivity contribution >= 4 is 34.3 Å². The minimum absolute atomic E-state index is 0.366. The maximum atomic E-state index is 12.6. The van der Waals surface area contributed by atoms with Crippen LogP contribution in [0.4, 0.5) is 16.2 Å². The lowest BCUT2D eigenvalue weighted by molar-refractivity contribution is 0.0601. The summed E-state index contributed by atoms with van der Waals surface area (Å²) in [6.45, 7) is 0. The van der Waals surface area contributed by atoms with Crippen LogP contribution in [0, 0.1) is 11.8 Å². The summed E-state index contributed by atoms with van der Waals surface area (Å²) in [6, 6.07) is 23.7. The molecule has 5 rings (SSSR count). The number of hydrogen-bond donors (Lipinski definition) is 3. The van der Waals surface area contributed by atoms with Gasteiger partial charge in [-0.05, 0) is 71.6 Å². The van der Waals surface area contributed by atoms with Gasteiger partial charge in [0.15, 0.2) is 0 Å². The first-order valence-corrected chi connectivity index (χ1v) is 11.5. The smallest absolute Gasteiger partial charge is 0.338 e. The van der Waals surface area contributed by atoms with Crippen molar-refractivity contribution in [2.24, 2.45) is 0 Å². The molecule has 2 aromatic heterocycles. The maximum Gasteiger partial charge on any atom is 0.338 e. The molecule has 0 aliphatic heterocycles. The Bertz CT molecular complexity index is 1650. The van der Waals surface area contributed by atoms with Crippen LogP contribution in [0.3, 0.4) is 0 Å². The molecule has 7 nitrogen and oxygen atoms in total. The third kappa shape index (κ3) is 5.34. The quantitative estimate of drug-likeness (QED) is 0.213. The summed E-state index contributed by atoms with van der Waals surface area (Å²) in [6.07, 6.45) is 5.08. The zero-order valence-corrected chi connectivity index (χ0v) is 19.9. The number of rotatable bonds is 4. The van der Waals surface area contributed by atoms with Gasteiger partial charge in [0, 0.05) is 40.3 Å². The van der Waals surface area contributed by atoms with Gasteiger partial charge >= 0.3 is 12.0 Å². The molecule has 5 aromatic rings. The van der Waals surface area contributed by atoms with Gasteiger partial charge in [0.1, 0.15) is 0 Å². The molecule has 0 aliphatic rings. The summed E-state index contributed by atoms with van der Waals surface area (Å²) in [7, 11) is 1.37. The molecule has 3 aromatic carbocycles. The first-order chi connectivity index (χ1) is 18.1. The molecule has 180 valence electrons. The number of carbonyl (C=O) groups excluding carboxylic acids is 2. The number of H-pyrrole nitrogens is 1. The van der Waals surface area contributed by atoms with Gasteiger partial charge in [-0.15, -0.1) is 0 Å². The summed E-state index contributed by atoms with van der Waals surface area (Å²) in [5, 5.41) is 6.58. The molecule has 7 heteroatoms. The number of urea groups is 1. The van der Waals surface area contributed by atoms with E-state index in [9.17, 15) is 9.59 Å². The molecule has 2 amide bonds. The number of methoxy groups -OCH3 is 1. The van der Waals surface area contributed by atoms with Crippen LogP contribution in [-0.4, -0.2) is 29.1 Å². The van der Waals surface area contributed by atoms with E-state index in [1.165, 1.54) is 7.11 Å². The second kappa shape index (κ2) is 10.5. The van der Waals surface area contributed by atoms with Crippen molar-refractivity contribution in [1.29, 1.82) is 0 Å². The first kappa shape index (κ1) is 23.4. The van der Waals surface area contributed by atoms with Crippen molar-refractivity contribution in [3.8, 4) is 23.0 Å². The Labute approximate surface area is 213 Å². The van der Waals surface area contributed by atoms with Gasteiger partial charge in [-0.3, -0.25) is 4.98 Å². The lowest BCUT2D eigenvalue weighted by Crippen LogP contribution is -2.19. The molecule has 0 spiro atoms. The number of fused-ring (bicyclic) bond motifs is 1. The van der Waals surface area contributed by atoms with E-state index in [4.69, 9.17) is 4.74 Å². The summed E-state index contributed by atoms with van der Waals surface area (Å²) in [5.74, 6) is 5.94. The van der Waals surface area contributed by atoms with Gasteiger partial charge in [-0.2, -0.15) is 0 Å². The van der Waals surface area contributed by atoms with Gasteiger partial charge in [-0.1, -0.05) is 30.0 Å². The highest BCUT2D eigenvalue weighted by molar-refractivity contribution is 6.01. The summed E-state index contributed by atoms with van der Waals surface area (Å²) < 4.78 is 5.03. The molecule has 0 bridgehead atoms. The second-order valence-electron chi connectivity index (χ2n) is 8.15. The number of amides is 2. The van der Waals surface area contributed by atoms with Gasteiger partial charge in [0.25, 0.3) is 0 Å². The lowest BCUT2D eigenvalue weighted by Gasteiger charge is -2.11. The van der Waals surface area contributed by atoms with Gasteiger partial charge in [-0.25, -0.2) is 9.59 Å². The zero-order chi connectivity index (χ0) is 25.6. The number of carbonyl (C=O) groups is 2. The van der Waals surface area contributed by atoms with Crippen molar-refractivity contribution in [3.05, 3.63) is 114 Å². The Kier molecular flexibility index (Phi) is 6.64. The third-order valence-corrected chi connectivity index (χ3v) is 5.72. The van der Waals surface area contributed by atoms with Crippen LogP contribution < -0.4 is 10.6 Å². The van der Waals surface area contributed by atoms with Crippen LogP contribution in [0.2, 0.25) is 0 Å². The van der Waals surface area contributed by atoms with E-state index in [2.05, 4.69) is 32.4 Å². The number of pyridine rings is 1. The van der Waals surface area contributed by atoms with Crippen molar-refractivity contribution < 1.29 is 14.3 Å². The standard InChI is InChI=1S/C30H22N4O3/c1-37-29(35)26-6-2-4-22(28(26)23-12-11-21-15-17-32-27(21)18-23)10-7-20-8-13-24(14-9-20)33-30(36)34-25-5-3-16-31-19-25/h2-6,8-9,11-19,32H,1H3,(H2,33,34,36). The highest BCUT2D eigenvalue weighted by Crippen LogP contribution is 2.30. The van der Waals surface area contributed by atoms with Gasteiger partial charge in [0.05, 0.1) is 24.6 Å². The molecule has 37 heavy (non-hydrogen) atoms. The molecule has 0 radical (unpaired) electrons. The Morgan fingerprint density at radius 3 is 2.51 bits per heavy atom. The second-order valence-corrected chi connectivity index (χ2v) is 8.15. The average molecular weight is 487 g/mol. The van der Waals surface area contributed by atoms with E-state index >= 15 is 0 Å². The number of hydrogen-bond acceptors (Lipinski definition) is 4. The van der Waals surface area contributed by atoms with Crippen LogP contribution in [0.1, 0.15) is 21.5 Å². The molecule has 3 N–H and O–H groups in total. The molecular weight excluding hydrogens is 464 g/mol. The highest BCUT2D eigenvalue weighted by atomic mass is 16.5. The number of esters is 1. The van der Waals surface area contributed by atoms with Gasteiger partial charge < -0.3 is 20.4 Å².